The maximum atomic E-state index is 12.3. The van der Waals surface area contributed by atoms with Gasteiger partial charge in [0, 0.05) is 16.5 Å². The molecule has 0 heterocycles. The predicted molar refractivity (Wildman–Crippen MR) is 107 cm³/mol. The number of benzene rings is 2. The van der Waals surface area contributed by atoms with Gasteiger partial charge >= 0.3 is 0 Å². The maximum absolute atomic E-state index is 12.3. The quantitative estimate of drug-likeness (QED) is 0.646. The molecule has 2 rings (SSSR count). The van der Waals surface area contributed by atoms with E-state index in [1.54, 1.807) is 7.11 Å². The number of amides is 1. The summed E-state index contributed by atoms with van der Waals surface area (Å²) in [4.78, 5) is 13.3. The lowest BCUT2D eigenvalue weighted by Gasteiger charge is -2.15. The van der Waals surface area contributed by atoms with Gasteiger partial charge in [-0.1, -0.05) is 17.7 Å². The zero-order chi connectivity index (χ0) is 19.1. The van der Waals surface area contributed by atoms with Crippen molar-refractivity contribution in [3.05, 3.63) is 53.1 Å². The van der Waals surface area contributed by atoms with Crippen molar-refractivity contribution in [1.82, 2.24) is 5.32 Å². The van der Waals surface area contributed by atoms with Crippen molar-refractivity contribution >= 4 is 29.3 Å². The summed E-state index contributed by atoms with van der Waals surface area (Å²) < 4.78 is 11.1. The summed E-state index contributed by atoms with van der Waals surface area (Å²) in [6.07, 6.45) is 0.0696. The van der Waals surface area contributed by atoms with Crippen molar-refractivity contribution < 1.29 is 14.3 Å². The highest BCUT2D eigenvalue weighted by molar-refractivity contribution is 8.00. The second kappa shape index (κ2) is 9.74. The molecule has 0 aliphatic heterocycles. The van der Waals surface area contributed by atoms with Gasteiger partial charge in [0.25, 0.3) is 0 Å². The molecule has 1 amide bonds. The van der Waals surface area contributed by atoms with Crippen LogP contribution < -0.4 is 14.8 Å². The first kappa shape index (κ1) is 20.5. The topological polar surface area (TPSA) is 47.6 Å². The Bertz CT molecular complexity index is 734. The zero-order valence-corrected chi connectivity index (χ0v) is 17.0. The number of carbonyl (C=O) groups excluding carboxylic acids is 1. The van der Waals surface area contributed by atoms with Crippen LogP contribution in [0.1, 0.15) is 26.3 Å². The first-order valence-corrected chi connectivity index (χ1v) is 9.68. The molecule has 2 aromatic rings. The Morgan fingerprint density at radius 3 is 2.42 bits per heavy atom. The Kier molecular flexibility index (Phi) is 7.66. The van der Waals surface area contributed by atoms with Crippen LogP contribution in [0.15, 0.2) is 47.4 Å². The largest absolute Gasteiger partial charge is 0.493 e. The third-order valence-electron chi connectivity index (χ3n) is 3.55. The molecule has 26 heavy (non-hydrogen) atoms. The van der Waals surface area contributed by atoms with Gasteiger partial charge < -0.3 is 14.8 Å². The molecular weight excluding hydrogens is 370 g/mol. The molecule has 0 aliphatic carbocycles. The highest BCUT2D eigenvalue weighted by Crippen LogP contribution is 2.29. The number of hydrogen-bond acceptors (Lipinski definition) is 4. The van der Waals surface area contributed by atoms with Gasteiger partial charge in [-0.3, -0.25) is 4.79 Å². The van der Waals surface area contributed by atoms with E-state index in [2.05, 4.69) is 5.32 Å². The lowest BCUT2D eigenvalue weighted by atomic mass is 10.2. The molecule has 1 N–H and O–H groups in total. The van der Waals surface area contributed by atoms with Crippen molar-refractivity contribution in [2.45, 2.75) is 43.6 Å². The highest BCUT2D eigenvalue weighted by Gasteiger charge is 2.15. The van der Waals surface area contributed by atoms with Gasteiger partial charge in [0.1, 0.15) is 0 Å². The van der Waals surface area contributed by atoms with Crippen molar-refractivity contribution in [2.24, 2.45) is 0 Å². The molecule has 4 nitrogen and oxygen atoms in total. The molecule has 0 bridgehead atoms. The third kappa shape index (κ3) is 6.15. The molecular formula is C20H24ClNO3S. The van der Waals surface area contributed by atoms with Crippen LogP contribution >= 0.6 is 23.4 Å². The molecule has 0 aliphatic rings. The first-order valence-electron chi connectivity index (χ1n) is 8.42. The molecule has 140 valence electrons. The first-order chi connectivity index (χ1) is 12.4. The van der Waals surface area contributed by atoms with E-state index >= 15 is 0 Å². The number of thioether (sulfide) groups is 1. The summed E-state index contributed by atoms with van der Waals surface area (Å²) in [7, 11) is 1.61. The second-order valence-electron chi connectivity index (χ2n) is 6.08. The lowest BCUT2D eigenvalue weighted by molar-refractivity contribution is -0.120. The van der Waals surface area contributed by atoms with Gasteiger partial charge in [-0.25, -0.2) is 0 Å². The smallest absolute Gasteiger partial charge is 0.233 e. The summed E-state index contributed by atoms with van der Waals surface area (Å²) >= 11 is 7.38. The number of rotatable bonds is 8. The van der Waals surface area contributed by atoms with Gasteiger partial charge in [0.2, 0.25) is 5.91 Å². The fourth-order valence-corrected chi connectivity index (χ4v) is 3.29. The minimum Gasteiger partial charge on any atom is -0.493 e. The molecule has 2 aromatic carbocycles. The van der Waals surface area contributed by atoms with E-state index < -0.39 is 0 Å². The normalized spacial score (nSPS) is 11.9. The van der Waals surface area contributed by atoms with Crippen molar-refractivity contribution in [3.8, 4) is 11.5 Å². The zero-order valence-electron chi connectivity index (χ0n) is 15.4. The summed E-state index contributed by atoms with van der Waals surface area (Å²) in [5, 5.41) is 3.44. The molecule has 1 atom stereocenters. The Labute approximate surface area is 164 Å². The molecule has 0 unspecified atom stereocenters. The number of nitrogens with one attached hydrogen (secondary N) is 1. The second-order valence-corrected chi connectivity index (χ2v) is 7.93. The van der Waals surface area contributed by atoms with Crippen molar-refractivity contribution in [2.75, 3.05) is 7.11 Å². The fraction of sp³-hybridized carbons (Fsp3) is 0.350. The highest BCUT2D eigenvalue weighted by atomic mass is 35.5. The van der Waals surface area contributed by atoms with E-state index in [0.717, 1.165) is 10.5 Å². The predicted octanol–water partition coefficient (Wildman–Crippen LogP) is 4.93. The van der Waals surface area contributed by atoms with E-state index in [1.807, 2.05) is 63.2 Å². The summed E-state index contributed by atoms with van der Waals surface area (Å²) in [5.74, 6) is 1.34. The summed E-state index contributed by atoms with van der Waals surface area (Å²) in [6, 6.07) is 13.1. The van der Waals surface area contributed by atoms with Crippen LogP contribution in [0.4, 0.5) is 0 Å². The average molecular weight is 394 g/mol. The van der Waals surface area contributed by atoms with Gasteiger partial charge in [0.15, 0.2) is 11.5 Å². The van der Waals surface area contributed by atoms with Crippen LogP contribution in [0.2, 0.25) is 5.02 Å². The Balaban J connectivity index is 1.92. The van der Waals surface area contributed by atoms with Gasteiger partial charge in [-0.2, -0.15) is 0 Å². The van der Waals surface area contributed by atoms with Crippen LogP contribution in [0.25, 0.3) is 0 Å². The maximum Gasteiger partial charge on any atom is 0.233 e. The van der Waals surface area contributed by atoms with Crippen LogP contribution in [-0.2, 0) is 11.3 Å². The average Bonchev–Trinajstić information content (AvgIpc) is 2.62. The van der Waals surface area contributed by atoms with Crippen LogP contribution in [0.5, 0.6) is 11.5 Å². The van der Waals surface area contributed by atoms with Crippen LogP contribution in [0.3, 0.4) is 0 Å². The minimum absolute atomic E-state index is 0.0218. The number of ether oxygens (including phenoxy) is 2. The van der Waals surface area contributed by atoms with E-state index in [4.69, 9.17) is 21.1 Å². The Morgan fingerprint density at radius 2 is 1.81 bits per heavy atom. The Morgan fingerprint density at radius 1 is 1.12 bits per heavy atom. The monoisotopic (exact) mass is 393 g/mol. The molecule has 0 fully saturated rings. The molecule has 0 saturated carbocycles. The van der Waals surface area contributed by atoms with E-state index in [1.165, 1.54) is 11.8 Å². The fourth-order valence-electron chi connectivity index (χ4n) is 2.28. The summed E-state index contributed by atoms with van der Waals surface area (Å²) in [5.41, 5.74) is 0.954. The van der Waals surface area contributed by atoms with Crippen molar-refractivity contribution in [1.29, 1.82) is 0 Å². The molecule has 6 heteroatoms. The number of carbonyl (C=O) groups is 1. The number of halogens is 1. The SMILES string of the molecule is COc1cc(CNC(=O)[C@@H](C)Sc2ccc(Cl)cc2)ccc1OC(C)C. The minimum atomic E-state index is -0.207. The number of hydrogen-bond donors (Lipinski definition) is 1. The third-order valence-corrected chi connectivity index (χ3v) is 4.92. The molecule has 0 spiro atoms. The molecule has 0 saturated heterocycles. The standard InChI is InChI=1S/C20H24ClNO3S/c1-13(2)25-18-10-5-15(11-19(18)24-4)12-22-20(23)14(3)26-17-8-6-16(21)7-9-17/h5-11,13-14H,12H2,1-4H3,(H,22,23)/t14-/m1/s1. The van der Waals surface area contributed by atoms with Gasteiger partial charge in [-0.05, 0) is 62.7 Å². The van der Waals surface area contributed by atoms with E-state index in [9.17, 15) is 4.79 Å². The molecule has 0 aromatic heterocycles. The van der Waals surface area contributed by atoms with E-state index in [0.29, 0.717) is 23.1 Å². The van der Waals surface area contributed by atoms with Crippen LogP contribution in [-0.4, -0.2) is 24.4 Å². The number of methoxy groups -OCH3 is 1. The molecule has 0 radical (unpaired) electrons. The summed E-state index contributed by atoms with van der Waals surface area (Å²) in [6.45, 7) is 6.25. The van der Waals surface area contributed by atoms with Crippen LogP contribution in [0, 0.1) is 0 Å². The van der Waals surface area contributed by atoms with Gasteiger partial charge in [-0.15, -0.1) is 11.8 Å². The van der Waals surface area contributed by atoms with Gasteiger partial charge in [0.05, 0.1) is 18.5 Å². The Hall–Kier alpha value is -1.85. The van der Waals surface area contributed by atoms with E-state index in [-0.39, 0.29) is 17.3 Å². The lowest BCUT2D eigenvalue weighted by Crippen LogP contribution is -2.30. The van der Waals surface area contributed by atoms with Crippen molar-refractivity contribution in [3.63, 3.8) is 0 Å².